The van der Waals surface area contributed by atoms with Gasteiger partial charge < -0.3 is 15.5 Å². The highest BCUT2D eigenvalue weighted by Gasteiger charge is 2.38. The van der Waals surface area contributed by atoms with Crippen LogP contribution in [-0.2, 0) is 4.79 Å². The van der Waals surface area contributed by atoms with Gasteiger partial charge in [0.2, 0.25) is 5.91 Å². The van der Waals surface area contributed by atoms with Crippen molar-refractivity contribution in [1.82, 2.24) is 15.5 Å². The van der Waals surface area contributed by atoms with E-state index in [0.29, 0.717) is 0 Å². The molecule has 0 aromatic heterocycles. The average molecular weight is 340 g/mol. The average Bonchev–Trinajstić information content (AvgIpc) is 2.91. The van der Waals surface area contributed by atoms with Gasteiger partial charge in [-0.05, 0) is 57.7 Å². The van der Waals surface area contributed by atoms with E-state index in [1.165, 1.54) is 25.9 Å². The molecule has 2 heterocycles. The molecule has 2 aliphatic rings. The van der Waals surface area contributed by atoms with Crippen molar-refractivity contribution < 1.29 is 4.79 Å². The lowest BCUT2D eigenvalue weighted by Crippen LogP contribution is -2.54. The number of piperidine rings is 1. The second kappa shape index (κ2) is 9.88. The molecule has 0 aromatic rings. The van der Waals surface area contributed by atoms with Gasteiger partial charge >= 0.3 is 0 Å². The van der Waals surface area contributed by atoms with Crippen LogP contribution < -0.4 is 10.6 Å². The zero-order valence-electron chi connectivity index (χ0n) is 13.3. The highest BCUT2D eigenvalue weighted by molar-refractivity contribution is 5.86. The predicted molar refractivity (Wildman–Crippen MR) is 92.6 cm³/mol. The van der Waals surface area contributed by atoms with E-state index in [0.717, 1.165) is 44.8 Å². The molecule has 2 N–H and O–H groups in total. The van der Waals surface area contributed by atoms with Crippen LogP contribution in [0.2, 0.25) is 0 Å². The number of hydrogen-bond donors (Lipinski definition) is 2. The van der Waals surface area contributed by atoms with Gasteiger partial charge in [-0.1, -0.05) is 13.8 Å². The van der Waals surface area contributed by atoms with Crippen molar-refractivity contribution >= 4 is 30.7 Å². The van der Waals surface area contributed by atoms with Crippen molar-refractivity contribution in [3.05, 3.63) is 0 Å². The van der Waals surface area contributed by atoms with E-state index in [9.17, 15) is 4.79 Å². The lowest BCUT2D eigenvalue weighted by molar-refractivity contribution is -0.127. The summed E-state index contributed by atoms with van der Waals surface area (Å²) in [7, 11) is 0. The Hall–Kier alpha value is -0.0300. The first-order valence-corrected chi connectivity index (χ1v) is 7.92. The number of carbonyl (C=O) groups excluding carboxylic acids is 1. The fourth-order valence-electron chi connectivity index (χ4n) is 3.24. The van der Waals surface area contributed by atoms with Crippen molar-refractivity contribution in [1.29, 1.82) is 0 Å². The zero-order chi connectivity index (χ0) is 13.7. The largest absolute Gasteiger partial charge is 0.353 e. The molecule has 0 spiro atoms. The summed E-state index contributed by atoms with van der Waals surface area (Å²) in [6.45, 7) is 9.57. The molecule has 1 amide bonds. The highest BCUT2D eigenvalue weighted by Crippen LogP contribution is 2.23. The van der Waals surface area contributed by atoms with E-state index >= 15 is 0 Å². The van der Waals surface area contributed by atoms with Crippen LogP contribution in [0.15, 0.2) is 0 Å². The first-order valence-electron chi connectivity index (χ1n) is 7.92. The third-order valence-electron chi connectivity index (χ3n) is 4.87. The number of amides is 1. The first kappa shape index (κ1) is 21.0. The molecule has 1 unspecified atom stereocenters. The minimum Gasteiger partial charge on any atom is -0.353 e. The number of nitrogens with zero attached hydrogens (tertiary/aromatic N) is 1. The molecule has 0 aliphatic carbocycles. The van der Waals surface area contributed by atoms with Crippen molar-refractivity contribution in [2.24, 2.45) is 5.92 Å². The monoisotopic (exact) mass is 339 g/mol. The molecule has 0 radical (unpaired) electrons. The molecule has 2 aliphatic heterocycles. The van der Waals surface area contributed by atoms with E-state index in [-0.39, 0.29) is 36.3 Å². The molecule has 2 saturated heterocycles. The minimum absolute atomic E-state index is 0. The molecule has 0 bridgehead atoms. The Labute approximate surface area is 141 Å². The molecule has 1 atom stereocenters. The van der Waals surface area contributed by atoms with E-state index in [1.807, 2.05) is 0 Å². The quantitative estimate of drug-likeness (QED) is 0.807. The summed E-state index contributed by atoms with van der Waals surface area (Å²) in [4.78, 5) is 14.8. The fraction of sp³-hybridized carbons (Fsp3) is 0.933. The van der Waals surface area contributed by atoms with Gasteiger partial charge in [0.1, 0.15) is 0 Å². The summed E-state index contributed by atoms with van der Waals surface area (Å²) in [5.74, 6) is 1.08. The molecule has 4 nitrogen and oxygen atoms in total. The van der Waals surface area contributed by atoms with Gasteiger partial charge in [0.15, 0.2) is 0 Å². The fourth-order valence-corrected chi connectivity index (χ4v) is 3.24. The number of hydrogen-bond acceptors (Lipinski definition) is 3. The SMILES string of the molecule is CCC1(C(=O)NCCN2CCC(C)CC2)CCCN1.Cl.Cl. The van der Waals surface area contributed by atoms with Crippen LogP contribution in [0.25, 0.3) is 0 Å². The molecule has 0 saturated carbocycles. The third-order valence-corrected chi connectivity index (χ3v) is 4.87. The van der Waals surface area contributed by atoms with Crippen LogP contribution in [0.5, 0.6) is 0 Å². The standard InChI is InChI=1S/C15H29N3O.2ClH/c1-3-15(7-4-8-17-15)14(19)16-9-12-18-10-5-13(2)6-11-18;;/h13,17H,3-12H2,1-2H3,(H,16,19);2*1H. The maximum Gasteiger partial charge on any atom is 0.240 e. The molecule has 2 rings (SSSR count). The Kier molecular flexibility index (Phi) is 9.87. The Bertz CT molecular complexity index is 301. The second-order valence-corrected chi connectivity index (χ2v) is 6.25. The minimum atomic E-state index is -0.281. The van der Waals surface area contributed by atoms with E-state index in [2.05, 4.69) is 29.4 Å². The summed E-state index contributed by atoms with van der Waals surface area (Å²) in [5.41, 5.74) is -0.281. The van der Waals surface area contributed by atoms with Crippen LogP contribution in [0, 0.1) is 5.92 Å². The van der Waals surface area contributed by atoms with Gasteiger partial charge in [0, 0.05) is 13.1 Å². The molecule has 2 fully saturated rings. The highest BCUT2D eigenvalue weighted by atomic mass is 35.5. The molecular weight excluding hydrogens is 309 g/mol. The Morgan fingerprint density at radius 3 is 2.52 bits per heavy atom. The number of carbonyl (C=O) groups is 1. The van der Waals surface area contributed by atoms with Crippen LogP contribution in [0.4, 0.5) is 0 Å². The molecule has 0 aromatic carbocycles. The summed E-state index contributed by atoms with van der Waals surface area (Å²) >= 11 is 0. The van der Waals surface area contributed by atoms with Crippen LogP contribution in [0.3, 0.4) is 0 Å². The van der Waals surface area contributed by atoms with E-state index < -0.39 is 0 Å². The van der Waals surface area contributed by atoms with Crippen molar-refractivity contribution in [3.63, 3.8) is 0 Å². The van der Waals surface area contributed by atoms with Crippen LogP contribution >= 0.6 is 24.8 Å². The lowest BCUT2D eigenvalue weighted by Gasteiger charge is -2.31. The summed E-state index contributed by atoms with van der Waals surface area (Å²) < 4.78 is 0. The topological polar surface area (TPSA) is 44.4 Å². The molecule has 21 heavy (non-hydrogen) atoms. The Balaban J connectivity index is 0.00000200. The van der Waals surface area contributed by atoms with Crippen molar-refractivity contribution in [2.45, 2.75) is 51.5 Å². The number of halogens is 2. The second-order valence-electron chi connectivity index (χ2n) is 6.25. The summed E-state index contributed by atoms with van der Waals surface area (Å²) in [5, 5.41) is 6.52. The predicted octanol–water partition coefficient (Wildman–Crippen LogP) is 2.21. The van der Waals surface area contributed by atoms with Gasteiger partial charge in [0.05, 0.1) is 5.54 Å². The Morgan fingerprint density at radius 2 is 2.00 bits per heavy atom. The van der Waals surface area contributed by atoms with Gasteiger partial charge in [-0.3, -0.25) is 4.79 Å². The van der Waals surface area contributed by atoms with E-state index in [1.54, 1.807) is 0 Å². The smallest absolute Gasteiger partial charge is 0.240 e. The summed E-state index contributed by atoms with van der Waals surface area (Å²) in [6, 6.07) is 0. The third kappa shape index (κ3) is 5.59. The number of rotatable bonds is 5. The van der Waals surface area contributed by atoms with Gasteiger partial charge in [-0.2, -0.15) is 0 Å². The lowest BCUT2D eigenvalue weighted by atomic mass is 9.93. The Morgan fingerprint density at radius 1 is 1.33 bits per heavy atom. The van der Waals surface area contributed by atoms with Crippen LogP contribution in [-0.4, -0.2) is 49.1 Å². The normalized spacial score (nSPS) is 26.8. The number of nitrogens with one attached hydrogen (secondary N) is 2. The van der Waals surface area contributed by atoms with Crippen LogP contribution in [0.1, 0.15) is 46.0 Å². The van der Waals surface area contributed by atoms with Crippen molar-refractivity contribution in [2.75, 3.05) is 32.7 Å². The zero-order valence-corrected chi connectivity index (χ0v) is 15.0. The maximum absolute atomic E-state index is 12.3. The van der Waals surface area contributed by atoms with E-state index in [4.69, 9.17) is 0 Å². The molecular formula is C15H31Cl2N3O. The molecule has 6 heteroatoms. The van der Waals surface area contributed by atoms with Gasteiger partial charge in [-0.25, -0.2) is 0 Å². The number of likely N-dealkylation sites (tertiary alicyclic amines) is 1. The first-order chi connectivity index (χ1) is 9.16. The maximum atomic E-state index is 12.3. The molecule has 126 valence electrons. The van der Waals surface area contributed by atoms with Crippen molar-refractivity contribution in [3.8, 4) is 0 Å². The van der Waals surface area contributed by atoms with Gasteiger partial charge in [0.25, 0.3) is 0 Å². The van der Waals surface area contributed by atoms with Gasteiger partial charge in [-0.15, -0.1) is 24.8 Å². The summed E-state index contributed by atoms with van der Waals surface area (Å²) in [6.07, 6.45) is 5.59.